The first-order valence-electron chi connectivity index (χ1n) is 4.42. The molecule has 0 aliphatic rings. The maximum absolute atomic E-state index is 8.52. The van der Waals surface area contributed by atoms with E-state index < -0.39 is 0 Å². The average molecular weight is 185 g/mol. The van der Waals surface area contributed by atoms with Crippen molar-refractivity contribution in [3.05, 3.63) is 35.4 Å². The van der Waals surface area contributed by atoms with Crippen LogP contribution < -0.4 is 0 Å². The number of nitrogens with zero attached hydrogens (tertiary/aromatic N) is 1. The predicted octanol–water partition coefficient (Wildman–Crippen LogP) is 1.49. The van der Waals surface area contributed by atoms with Gasteiger partial charge < -0.3 is 5.11 Å². The third-order valence-corrected chi connectivity index (χ3v) is 1.71. The van der Waals surface area contributed by atoms with Gasteiger partial charge in [-0.25, -0.2) is 0 Å². The van der Waals surface area contributed by atoms with Crippen LogP contribution in [-0.2, 0) is 6.42 Å². The topological polar surface area (TPSA) is 44.0 Å². The lowest BCUT2D eigenvalue weighted by Gasteiger charge is -1.93. The van der Waals surface area contributed by atoms with E-state index in [4.69, 9.17) is 10.4 Å². The molecular formula is C12H11NO. The molecule has 0 aromatic heterocycles. The smallest absolute Gasteiger partial charge is 0.0669 e. The van der Waals surface area contributed by atoms with Gasteiger partial charge in [0.15, 0.2) is 0 Å². The average Bonchev–Trinajstić information content (AvgIpc) is 2.21. The lowest BCUT2D eigenvalue weighted by molar-refractivity contribution is 0.305. The molecule has 1 N–H and O–H groups in total. The Kier molecular flexibility index (Phi) is 4.27. The van der Waals surface area contributed by atoms with Gasteiger partial charge >= 0.3 is 0 Å². The predicted molar refractivity (Wildman–Crippen MR) is 54.3 cm³/mol. The molecule has 0 fully saturated rings. The maximum Gasteiger partial charge on any atom is 0.0669 e. The van der Waals surface area contributed by atoms with Crippen molar-refractivity contribution in [2.75, 3.05) is 6.61 Å². The summed E-state index contributed by atoms with van der Waals surface area (Å²) in [6.07, 6.45) is 0.935. The molecule has 1 aromatic carbocycles. The number of hydrogen-bond donors (Lipinski definition) is 1. The molecule has 2 nitrogen and oxygen atoms in total. The highest BCUT2D eigenvalue weighted by molar-refractivity contribution is 5.36. The van der Waals surface area contributed by atoms with E-state index in [0.717, 1.165) is 11.1 Å². The number of aliphatic hydroxyl groups excluding tert-OH is 1. The molecule has 0 spiro atoms. The molecule has 0 aliphatic heterocycles. The zero-order valence-corrected chi connectivity index (χ0v) is 7.83. The quantitative estimate of drug-likeness (QED) is 0.709. The Labute approximate surface area is 83.8 Å². The Bertz CT molecular complexity index is 376. The van der Waals surface area contributed by atoms with E-state index in [0.29, 0.717) is 12.8 Å². The van der Waals surface area contributed by atoms with E-state index in [1.54, 1.807) is 0 Å². The number of benzene rings is 1. The number of aliphatic hydroxyl groups is 1. The summed E-state index contributed by atoms with van der Waals surface area (Å²) in [4.78, 5) is 0. The molecule has 0 radical (unpaired) electrons. The van der Waals surface area contributed by atoms with Gasteiger partial charge in [-0.1, -0.05) is 24.0 Å². The Morgan fingerprint density at radius 3 is 2.50 bits per heavy atom. The lowest BCUT2D eigenvalue weighted by Crippen LogP contribution is -1.82. The van der Waals surface area contributed by atoms with Crippen molar-refractivity contribution >= 4 is 0 Å². The third kappa shape index (κ3) is 3.31. The highest BCUT2D eigenvalue weighted by Crippen LogP contribution is 2.03. The summed E-state index contributed by atoms with van der Waals surface area (Å²) in [5.41, 5.74) is 1.92. The van der Waals surface area contributed by atoms with Crippen molar-refractivity contribution in [3.63, 3.8) is 0 Å². The van der Waals surface area contributed by atoms with Gasteiger partial charge in [-0.3, -0.25) is 0 Å². The Balaban J connectivity index is 2.66. The largest absolute Gasteiger partial charge is 0.395 e. The van der Waals surface area contributed by atoms with Crippen molar-refractivity contribution in [3.8, 4) is 17.9 Å². The van der Waals surface area contributed by atoms with Gasteiger partial charge in [-0.05, 0) is 17.7 Å². The van der Waals surface area contributed by atoms with Gasteiger partial charge in [0, 0.05) is 12.0 Å². The molecule has 0 bridgehead atoms. The van der Waals surface area contributed by atoms with Gasteiger partial charge in [0.05, 0.1) is 19.1 Å². The number of nitriles is 1. The standard InChI is InChI=1S/C12H11NO/c13-9-8-12-6-4-11(5-7-12)3-1-2-10-14/h4-7,14H,2,8,10H2. The molecule has 0 saturated heterocycles. The fourth-order valence-electron chi connectivity index (χ4n) is 1.02. The van der Waals surface area contributed by atoms with Crippen molar-refractivity contribution < 1.29 is 5.11 Å². The van der Waals surface area contributed by atoms with Crippen LogP contribution >= 0.6 is 0 Å². The monoisotopic (exact) mass is 185 g/mol. The highest BCUT2D eigenvalue weighted by Gasteiger charge is 1.90. The summed E-state index contributed by atoms with van der Waals surface area (Å²) >= 11 is 0. The zero-order valence-electron chi connectivity index (χ0n) is 7.83. The summed E-state index contributed by atoms with van der Waals surface area (Å²) in [6, 6.07) is 9.65. The molecule has 0 unspecified atom stereocenters. The van der Waals surface area contributed by atoms with Crippen LogP contribution in [0.3, 0.4) is 0 Å². The summed E-state index contributed by atoms with van der Waals surface area (Å²) in [7, 11) is 0. The molecule has 70 valence electrons. The number of hydrogen-bond acceptors (Lipinski definition) is 2. The minimum atomic E-state index is 0.0967. The second kappa shape index (κ2) is 5.80. The molecule has 0 saturated carbocycles. The van der Waals surface area contributed by atoms with Crippen LogP contribution in [0.4, 0.5) is 0 Å². The van der Waals surface area contributed by atoms with E-state index in [1.807, 2.05) is 24.3 Å². The first-order valence-corrected chi connectivity index (χ1v) is 4.42. The SMILES string of the molecule is N#CCc1ccc(C#CCCO)cc1. The molecule has 0 amide bonds. The molecule has 1 rings (SSSR count). The fourth-order valence-corrected chi connectivity index (χ4v) is 1.02. The first-order chi connectivity index (χ1) is 6.86. The van der Waals surface area contributed by atoms with Crippen LogP contribution in [0.15, 0.2) is 24.3 Å². The summed E-state index contributed by atoms with van der Waals surface area (Å²) in [5, 5.41) is 17.0. The second-order valence-electron chi connectivity index (χ2n) is 2.81. The van der Waals surface area contributed by atoms with Gasteiger partial charge in [0.2, 0.25) is 0 Å². The van der Waals surface area contributed by atoms with E-state index in [2.05, 4.69) is 17.9 Å². The Hall–Kier alpha value is -1.77. The third-order valence-electron chi connectivity index (χ3n) is 1.71. The van der Waals surface area contributed by atoms with Gasteiger partial charge in [0.25, 0.3) is 0 Å². The van der Waals surface area contributed by atoms with E-state index >= 15 is 0 Å². The molecule has 0 heterocycles. The lowest BCUT2D eigenvalue weighted by atomic mass is 10.1. The molecule has 0 aliphatic carbocycles. The molecule has 14 heavy (non-hydrogen) atoms. The molecule has 2 heteroatoms. The summed E-state index contributed by atoms with van der Waals surface area (Å²) in [6.45, 7) is 0.0967. The van der Waals surface area contributed by atoms with Gasteiger partial charge in [0.1, 0.15) is 0 Å². The molecular weight excluding hydrogens is 174 g/mol. The van der Waals surface area contributed by atoms with Crippen molar-refractivity contribution in [1.82, 2.24) is 0 Å². The normalized spacial score (nSPS) is 8.57. The summed E-state index contributed by atoms with van der Waals surface area (Å²) < 4.78 is 0. The van der Waals surface area contributed by atoms with E-state index in [-0.39, 0.29) is 6.61 Å². The van der Waals surface area contributed by atoms with E-state index in [1.165, 1.54) is 0 Å². The van der Waals surface area contributed by atoms with Crippen LogP contribution in [-0.4, -0.2) is 11.7 Å². The maximum atomic E-state index is 8.52. The van der Waals surface area contributed by atoms with Crippen LogP contribution in [0, 0.1) is 23.2 Å². The molecule has 0 atom stereocenters. The van der Waals surface area contributed by atoms with E-state index in [9.17, 15) is 0 Å². The summed E-state index contributed by atoms with van der Waals surface area (Å²) in [5.74, 6) is 5.76. The van der Waals surface area contributed by atoms with Crippen LogP contribution in [0.5, 0.6) is 0 Å². The zero-order chi connectivity index (χ0) is 10.2. The Morgan fingerprint density at radius 2 is 1.93 bits per heavy atom. The second-order valence-corrected chi connectivity index (χ2v) is 2.81. The minimum absolute atomic E-state index is 0.0967. The van der Waals surface area contributed by atoms with Crippen molar-refractivity contribution in [1.29, 1.82) is 5.26 Å². The van der Waals surface area contributed by atoms with Gasteiger partial charge in [-0.15, -0.1) is 0 Å². The van der Waals surface area contributed by atoms with Crippen LogP contribution in [0.1, 0.15) is 17.5 Å². The first kappa shape index (κ1) is 10.3. The fraction of sp³-hybridized carbons (Fsp3) is 0.250. The van der Waals surface area contributed by atoms with Gasteiger partial charge in [-0.2, -0.15) is 5.26 Å². The van der Waals surface area contributed by atoms with Crippen LogP contribution in [0.2, 0.25) is 0 Å². The molecule has 1 aromatic rings. The Morgan fingerprint density at radius 1 is 1.21 bits per heavy atom. The highest BCUT2D eigenvalue weighted by atomic mass is 16.2. The minimum Gasteiger partial charge on any atom is -0.395 e. The van der Waals surface area contributed by atoms with Crippen LogP contribution in [0.25, 0.3) is 0 Å². The van der Waals surface area contributed by atoms with Crippen molar-refractivity contribution in [2.24, 2.45) is 0 Å². The number of rotatable bonds is 2. The van der Waals surface area contributed by atoms with Crippen molar-refractivity contribution in [2.45, 2.75) is 12.8 Å².